The van der Waals surface area contributed by atoms with Gasteiger partial charge in [-0.2, -0.15) is 4.90 Å². The van der Waals surface area contributed by atoms with Crippen LogP contribution in [0.5, 0.6) is 0 Å². The van der Waals surface area contributed by atoms with Gasteiger partial charge in [-0.3, -0.25) is 0 Å². The molecular formula is C30H50INO9. The van der Waals surface area contributed by atoms with E-state index in [0.29, 0.717) is 30.5 Å². The van der Waals surface area contributed by atoms with Gasteiger partial charge in [-0.05, 0) is 84.5 Å². The first kappa shape index (κ1) is 33.2. The summed E-state index contributed by atoms with van der Waals surface area (Å²) in [7, 11) is 0. The smallest absolute Gasteiger partial charge is 0.420 e. The van der Waals surface area contributed by atoms with Crippen LogP contribution >= 0.6 is 22.6 Å². The number of hydrogen-bond donors (Lipinski definition) is 0. The van der Waals surface area contributed by atoms with Crippen LogP contribution in [0, 0.1) is 17.8 Å². The molecule has 3 saturated heterocycles. The van der Waals surface area contributed by atoms with Crippen LogP contribution in [0.15, 0.2) is 0 Å². The number of hydrogen-bond acceptors (Lipinski definition) is 9. The molecule has 11 heteroatoms. The average molecular weight is 696 g/mol. The Labute approximate surface area is 258 Å². The summed E-state index contributed by atoms with van der Waals surface area (Å²) < 4.78 is 42.2. The van der Waals surface area contributed by atoms with Gasteiger partial charge < -0.3 is 33.2 Å². The second-order valence-electron chi connectivity index (χ2n) is 13.8. The van der Waals surface area contributed by atoms with Gasteiger partial charge in [0.15, 0.2) is 18.2 Å². The largest absolute Gasteiger partial charge is 0.443 e. The van der Waals surface area contributed by atoms with E-state index < -0.39 is 54.2 Å². The summed E-state index contributed by atoms with van der Waals surface area (Å²) in [5.41, 5.74) is -0.788. The van der Waals surface area contributed by atoms with E-state index in [-0.39, 0.29) is 10.7 Å². The fraction of sp³-hybridized carbons (Fsp3) is 0.933. The molecule has 4 rings (SSSR count). The number of rotatable bonds is 9. The van der Waals surface area contributed by atoms with Crippen LogP contribution in [0.3, 0.4) is 0 Å². The molecule has 0 aromatic heterocycles. The quantitative estimate of drug-likeness (QED) is 0.154. The zero-order valence-electron chi connectivity index (χ0n) is 25.9. The number of carbonyl (C=O) groups is 2. The summed E-state index contributed by atoms with van der Waals surface area (Å²) in [4.78, 5) is 27.0. The van der Waals surface area contributed by atoms with Gasteiger partial charge in [0.2, 0.25) is 0 Å². The Balaban J connectivity index is 1.34. The molecule has 0 aromatic carbocycles. The topological polar surface area (TPSA) is 102 Å². The number of unbranched alkanes of at least 4 members (excludes halogenated alkanes) is 1. The molecule has 0 bridgehead atoms. The van der Waals surface area contributed by atoms with E-state index in [1.165, 1.54) is 12.8 Å². The lowest BCUT2D eigenvalue weighted by atomic mass is 9.75. The summed E-state index contributed by atoms with van der Waals surface area (Å²) >= 11 is 2.42. The Morgan fingerprint density at radius 2 is 1.90 bits per heavy atom. The Hall–Kier alpha value is -0.730. The zero-order chi connectivity index (χ0) is 30.1. The van der Waals surface area contributed by atoms with Crippen LogP contribution in [-0.4, -0.2) is 82.5 Å². The second-order valence-corrected chi connectivity index (χ2v) is 15.2. The van der Waals surface area contributed by atoms with Crippen molar-refractivity contribution in [1.82, 2.24) is 4.90 Å². The van der Waals surface area contributed by atoms with Crippen LogP contribution in [0.2, 0.25) is 0 Å². The highest BCUT2D eigenvalue weighted by Gasteiger charge is 2.62. The molecule has 9 atom stereocenters. The molecular weight excluding hydrogens is 645 g/mol. The van der Waals surface area contributed by atoms with Crippen LogP contribution in [0.25, 0.3) is 0 Å². The SMILES string of the molecule is CC(C)[C@@H]1CC[C@@H](C)C[C@H]1OC(I)CCCCO[C@H]1O[C@@H]2COC(C)(C)O[C@H]2[C@@H]2OC(=O)N(C(=O)OC(C)(C)C)[C@H]12. The molecule has 0 radical (unpaired) electrons. The molecule has 10 nitrogen and oxygen atoms in total. The maximum absolute atomic E-state index is 13.1. The van der Waals surface area contributed by atoms with Crippen molar-refractivity contribution in [3.05, 3.63) is 0 Å². The van der Waals surface area contributed by atoms with Crippen molar-refractivity contribution in [2.75, 3.05) is 13.2 Å². The van der Waals surface area contributed by atoms with E-state index in [9.17, 15) is 9.59 Å². The van der Waals surface area contributed by atoms with Gasteiger partial charge in [0.25, 0.3) is 0 Å². The lowest BCUT2D eigenvalue weighted by Crippen LogP contribution is -2.66. The van der Waals surface area contributed by atoms with Crippen molar-refractivity contribution >= 4 is 34.8 Å². The highest BCUT2D eigenvalue weighted by Crippen LogP contribution is 2.40. The van der Waals surface area contributed by atoms with Crippen molar-refractivity contribution < 1.29 is 42.7 Å². The van der Waals surface area contributed by atoms with Gasteiger partial charge in [-0.25, -0.2) is 9.59 Å². The fourth-order valence-electron chi connectivity index (χ4n) is 6.29. The van der Waals surface area contributed by atoms with E-state index in [4.69, 9.17) is 33.2 Å². The number of imide groups is 1. The third-order valence-electron chi connectivity index (χ3n) is 8.34. The maximum atomic E-state index is 13.1. The highest BCUT2D eigenvalue weighted by molar-refractivity contribution is 14.1. The molecule has 0 spiro atoms. The molecule has 1 saturated carbocycles. The number of alkyl halides is 1. The molecule has 236 valence electrons. The molecule has 4 fully saturated rings. The molecule has 41 heavy (non-hydrogen) atoms. The van der Waals surface area contributed by atoms with E-state index in [0.717, 1.165) is 30.6 Å². The van der Waals surface area contributed by atoms with E-state index in [1.54, 1.807) is 34.6 Å². The van der Waals surface area contributed by atoms with Crippen molar-refractivity contribution in [3.8, 4) is 0 Å². The molecule has 1 unspecified atom stereocenters. The summed E-state index contributed by atoms with van der Waals surface area (Å²) in [5.74, 6) is 1.08. The molecule has 3 aliphatic heterocycles. The Bertz CT molecular complexity index is 909. The number of halogens is 1. The molecule has 1 aliphatic carbocycles. The summed E-state index contributed by atoms with van der Waals surface area (Å²) in [6, 6.07) is -0.839. The third-order valence-corrected chi connectivity index (χ3v) is 9.26. The molecule has 2 amide bonds. The predicted octanol–water partition coefficient (Wildman–Crippen LogP) is 6.41. The summed E-state index contributed by atoms with van der Waals surface area (Å²) in [6.07, 6.45) is 2.26. The minimum absolute atomic E-state index is 0.142. The predicted molar refractivity (Wildman–Crippen MR) is 160 cm³/mol. The fourth-order valence-corrected chi connectivity index (χ4v) is 7.11. The van der Waals surface area contributed by atoms with Crippen LogP contribution < -0.4 is 0 Å². The number of amides is 2. The Kier molecular flexibility index (Phi) is 10.9. The maximum Gasteiger partial charge on any atom is 0.420 e. The summed E-state index contributed by atoms with van der Waals surface area (Å²) in [6.45, 7) is 16.4. The number of nitrogens with zero attached hydrogens (tertiary/aromatic N) is 1. The Morgan fingerprint density at radius 3 is 2.59 bits per heavy atom. The monoisotopic (exact) mass is 695 g/mol. The van der Waals surface area contributed by atoms with Gasteiger partial charge in [0, 0.05) is 6.61 Å². The van der Waals surface area contributed by atoms with Gasteiger partial charge in [0.05, 0.1) is 12.7 Å². The van der Waals surface area contributed by atoms with E-state index in [2.05, 4.69) is 43.4 Å². The van der Waals surface area contributed by atoms with Gasteiger partial charge in [-0.1, -0.05) is 49.8 Å². The lowest BCUT2D eigenvalue weighted by molar-refractivity contribution is -0.365. The number of fused-ring (bicyclic) bond motifs is 3. The first-order valence-corrected chi connectivity index (χ1v) is 16.5. The average Bonchev–Trinajstić information content (AvgIpc) is 3.20. The van der Waals surface area contributed by atoms with Gasteiger partial charge in [0.1, 0.15) is 28.0 Å². The van der Waals surface area contributed by atoms with Crippen molar-refractivity contribution in [2.24, 2.45) is 17.8 Å². The normalized spacial score (nSPS) is 36.0. The van der Waals surface area contributed by atoms with Crippen molar-refractivity contribution in [1.29, 1.82) is 0 Å². The van der Waals surface area contributed by atoms with E-state index in [1.807, 2.05) is 0 Å². The first-order valence-electron chi connectivity index (χ1n) is 15.3. The second kappa shape index (κ2) is 13.5. The standard InChI is InChI=1S/C30H50INO9/c1-17(2)19-13-12-18(3)15-20(19)37-22(31)11-9-10-14-35-26-23-25(24-21(38-26)16-36-30(7,8)40-24)39-27(33)32(23)28(34)41-29(4,5)6/h17-26H,9-16H2,1-8H3/t18-,19+,20-,21-,22?,23+,24-,25-,26+/m1/s1. The molecule has 0 N–H and O–H groups in total. The zero-order valence-corrected chi connectivity index (χ0v) is 28.1. The van der Waals surface area contributed by atoms with Crippen LogP contribution in [-0.2, 0) is 33.2 Å². The minimum atomic E-state index is -0.893. The number of ether oxygens (including phenoxy) is 7. The third kappa shape index (κ3) is 8.47. The lowest BCUT2D eigenvalue weighted by Gasteiger charge is -2.48. The molecule has 4 aliphatic rings. The summed E-state index contributed by atoms with van der Waals surface area (Å²) in [5, 5.41) is 0. The van der Waals surface area contributed by atoms with Gasteiger partial charge >= 0.3 is 12.2 Å². The minimum Gasteiger partial charge on any atom is -0.443 e. The molecule has 0 aromatic rings. The van der Waals surface area contributed by atoms with Gasteiger partial charge in [-0.15, -0.1) is 0 Å². The highest BCUT2D eigenvalue weighted by atomic mass is 127. The molecule has 3 heterocycles. The van der Waals surface area contributed by atoms with Crippen molar-refractivity contribution in [3.63, 3.8) is 0 Å². The van der Waals surface area contributed by atoms with Crippen molar-refractivity contribution in [2.45, 2.75) is 146 Å². The van der Waals surface area contributed by atoms with Crippen LogP contribution in [0.1, 0.15) is 93.9 Å². The Morgan fingerprint density at radius 1 is 1.17 bits per heavy atom. The number of carbonyl (C=O) groups excluding carboxylic acids is 2. The first-order chi connectivity index (χ1) is 19.1. The van der Waals surface area contributed by atoms with Crippen LogP contribution in [0.4, 0.5) is 9.59 Å². The van der Waals surface area contributed by atoms with E-state index >= 15 is 0 Å².